The number of carbonyl (C=O) groups is 2. The molecule has 0 spiro atoms. The predicted octanol–water partition coefficient (Wildman–Crippen LogP) is 2.57. The third-order valence-electron chi connectivity index (χ3n) is 4.50. The molecule has 6 nitrogen and oxygen atoms in total. The van der Waals surface area contributed by atoms with Gasteiger partial charge < -0.3 is 13.9 Å². The van der Waals surface area contributed by atoms with Crippen molar-refractivity contribution in [3.8, 4) is 0 Å². The maximum atomic E-state index is 12.7. The first-order valence-corrected chi connectivity index (χ1v) is 8.46. The Morgan fingerprint density at radius 3 is 2.52 bits per heavy atom. The van der Waals surface area contributed by atoms with Crippen LogP contribution in [0.15, 0.2) is 33.5 Å². The summed E-state index contributed by atoms with van der Waals surface area (Å²) in [7, 11) is 0. The number of hydrogen-bond donors (Lipinski definition) is 0. The van der Waals surface area contributed by atoms with Crippen LogP contribution < -0.4 is 5.63 Å². The third-order valence-corrected chi connectivity index (χ3v) is 4.50. The zero-order chi connectivity index (χ0) is 18.0. The van der Waals surface area contributed by atoms with Gasteiger partial charge >= 0.3 is 17.6 Å². The monoisotopic (exact) mass is 344 g/mol. The van der Waals surface area contributed by atoms with E-state index in [0.717, 1.165) is 0 Å². The van der Waals surface area contributed by atoms with Gasteiger partial charge in [-0.1, -0.05) is 18.2 Å². The molecule has 0 saturated heterocycles. The molecule has 0 fully saturated rings. The molecule has 2 aromatic rings. The molecule has 0 N–H and O–H groups in total. The smallest absolute Gasteiger partial charge is 0.339 e. The molecular formula is C19H20O6. The van der Waals surface area contributed by atoms with Crippen LogP contribution in [0, 0.1) is 5.92 Å². The molecule has 6 heteroatoms. The Morgan fingerprint density at radius 2 is 1.80 bits per heavy atom. The molecular weight excluding hydrogens is 324 g/mol. The van der Waals surface area contributed by atoms with Crippen LogP contribution in [0.2, 0.25) is 0 Å². The number of ether oxygens (including phenoxy) is 2. The van der Waals surface area contributed by atoms with Crippen molar-refractivity contribution < 1.29 is 23.5 Å². The molecule has 1 aliphatic carbocycles. The van der Waals surface area contributed by atoms with E-state index in [-0.39, 0.29) is 13.2 Å². The lowest BCUT2D eigenvalue weighted by Crippen LogP contribution is -2.36. The largest absolute Gasteiger partial charge is 0.466 e. The van der Waals surface area contributed by atoms with E-state index in [1.807, 2.05) is 0 Å². The van der Waals surface area contributed by atoms with Gasteiger partial charge in [-0.3, -0.25) is 9.59 Å². The Morgan fingerprint density at radius 1 is 1.12 bits per heavy atom. The van der Waals surface area contributed by atoms with Gasteiger partial charge in [0.15, 0.2) is 0 Å². The molecule has 2 atom stereocenters. The molecule has 0 radical (unpaired) electrons. The molecule has 2 unspecified atom stereocenters. The summed E-state index contributed by atoms with van der Waals surface area (Å²) >= 11 is 0. The van der Waals surface area contributed by atoms with E-state index in [2.05, 4.69) is 0 Å². The van der Waals surface area contributed by atoms with Crippen molar-refractivity contribution in [3.63, 3.8) is 0 Å². The summed E-state index contributed by atoms with van der Waals surface area (Å²) in [4.78, 5) is 37.5. The van der Waals surface area contributed by atoms with E-state index >= 15 is 0 Å². The van der Waals surface area contributed by atoms with E-state index in [1.54, 1.807) is 38.1 Å². The Bertz CT molecular complexity index is 866. The van der Waals surface area contributed by atoms with Gasteiger partial charge in [-0.25, -0.2) is 4.79 Å². The van der Waals surface area contributed by atoms with Gasteiger partial charge in [0, 0.05) is 10.9 Å². The molecule has 132 valence electrons. The maximum absolute atomic E-state index is 12.7. The van der Waals surface area contributed by atoms with Crippen LogP contribution in [0.3, 0.4) is 0 Å². The number of para-hydroxylation sites is 1. The van der Waals surface area contributed by atoms with Crippen molar-refractivity contribution in [3.05, 3.63) is 45.8 Å². The maximum Gasteiger partial charge on any atom is 0.339 e. The van der Waals surface area contributed by atoms with Crippen LogP contribution in [-0.4, -0.2) is 25.2 Å². The highest BCUT2D eigenvalue weighted by Crippen LogP contribution is 2.40. The Balaban J connectivity index is 2.23. The van der Waals surface area contributed by atoms with Gasteiger partial charge in [0.25, 0.3) is 0 Å². The SMILES string of the molecule is CCOC(=O)C1CCc2c(c3ccccc3oc2=O)C1C(=O)OCC. The summed E-state index contributed by atoms with van der Waals surface area (Å²) in [6, 6.07) is 7.02. The zero-order valence-corrected chi connectivity index (χ0v) is 14.2. The van der Waals surface area contributed by atoms with Gasteiger partial charge in [0.05, 0.1) is 25.0 Å². The minimum atomic E-state index is -0.864. The molecule has 1 aromatic carbocycles. The van der Waals surface area contributed by atoms with Gasteiger partial charge in [-0.05, 0) is 38.3 Å². The van der Waals surface area contributed by atoms with E-state index in [1.165, 1.54) is 0 Å². The molecule has 0 bridgehead atoms. The molecule has 1 heterocycles. The van der Waals surface area contributed by atoms with Gasteiger partial charge in [0.2, 0.25) is 0 Å². The zero-order valence-electron chi connectivity index (χ0n) is 14.2. The van der Waals surface area contributed by atoms with Crippen molar-refractivity contribution in [1.29, 1.82) is 0 Å². The lowest BCUT2D eigenvalue weighted by molar-refractivity contribution is -0.157. The standard InChI is InChI=1S/C19H20O6/c1-3-23-17(20)13-10-9-12-15(16(13)19(22)24-4-2)11-7-5-6-8-14(11)25-18(12)21/h5-8,13,16H,3-4,9-10H2,1-2H3. The summed E-state index contributed by atoms with van der Waals surface area (Å²) in [6.07, 6.45) is 0.709. The number of benzene rings is 1. The normalized spacial score (nSPS) is 19.3. The highest BCUT2D eigenvalue weighted by Gasteiger charge is 2.43. The highest BCUT2D eigenvalue weighted by atomic mass is 16.5. The Labute approximate surface area is 144 Å². The van der Waals surface area contributed by atoms with Crippen molar-refractivity contribution in [2.45, 2.75) is 32.6 Å². The first-order valence-electron chi connectivity index (χ1n) is 8.46. The lowest BCUT2D eigenvalue weighted by Gasteiger charge is -2.30. The molecule has 25 heavy (non-hydrogen) atoms. The highest BCUT2D eigenvalue weighted by molar-refractivity contribution is 5.93. The summed E-state index contributed by atoms with van der Waals surface area (Å²) in [5.41, 5.74) is 0.905. The number of fused-ring (bicyclic) bond motifs is 3. The average molecular weight is 344 g/mol. The van der Waals surface area contributed by atoms with Crippen molar-refractivity contribution in [2.24, 2.45) is 5.92 Å². The van der Waals surface area contributed by atoms with Crippen LogP contribution in [0.5, 0.6) is 0 Å². The molecule has 3 rings (SSSR count). The van der Waals surface area contributed by atoms with Crippen LogP contribution in [0.1, 0.15) is 37.3 Å². The van der Waals surface area contributed by atoms with Gasteiger partial charge in [-0.2, -0.15) is 0 Å². The van der Waals surface area contributed by atoms with Crippen molar-refractivity contribution in [1.82, 2.24) is 0 Å². The summed E-state index contributed by atoms with van der Waals surface area (Å²) < 4.78 is 15.7. The minimum absolute atomic E-state index is 0.194. The van der Waals surface area contributed by atoms with Crippen molar-refractivity contribution in [2.75, 3.05) is 13.2 Å². The van der Waals surface area contributed by atoms with E-state index < -0.39 is 29.4 Å². The van der Waals surface area contributed by atoms with Gasteiger partial charge in [0.1, 0.15) is 5.58 Å². The Kier molecular flexibility index (Phi) is 4.88. The number of hydrogen-bond acceptors (Lipinski definition) is 6. The second kappa shape index (κ2) is 7.09. The third kappa shape index (κ3) is 3.04. The van der Waals surface area contributed by atoms with Crippen LogP contribution >= 0.6 is 0 Å². The second-order valence-electron chi connectivity index (χ2n) is 5.90. The minimum Gasteiger partial charge on any atom is -0.466 e. The van der Waals surface area contributed by atoms with Crippen LogP contribution in [0.25, 0.3) is 11.0 Å². The summed E-state index contributed by atoms with van der Waals surface area (Å²) in [5.74, 6) is -2.49. The Hall–Kier alpha value is -2.63. The first kappa shape index (κ1) is 17.2. The topological polar surface area (TPSA) is 82.8 Å². The number of carbonyl (C=O) groups excluding carboxylic acids is 2. The lowest BCUT2D eigenvalue weighted by atomic mass is 9.74. The molecule has 1 aromatic heterocycles. The van der Waals surface area contributed by atoms with E-state index in [9.17, 15) is 14.4 Å². The fourth-order valence-corrected chi connectivity index (χ4v) is 3.49. The fourth-order valence-electron chi connectivity index (χ4n) is 3.49. The second-order valence-corrected chi connectivity index (χ2v) is 5.90. The fraction of sp³-hybridized carbons (Fsp3) is 0.421. The quantitative estimate of drug-likeness (QED) is 0.626. The number of rotatable bonds is 4. The van der Waals surface area contributed by atoms with Crippen molar-refractivity contribution >= 4 is 22.9 Å². The number of esters is 2. The van der Waals surface area contributed by atoms with E-state index in [0.29, 0.717) is 34.9 Å². The van der Waals surface area contributed by atoms with E-state index in [4.69, 9.17) is 13.9 Å². The average Bonchev–Trinajstić information content (AvgIpc) is 2.61. The molecule has 0 saturated carbocycles. The molecule has 1 aliphatic rings. The molecule has 0 amide bonds. The summed E-state index contributed by atoms with van der Waals surface area (Å²) in [5, 5.41) is 0.657. The predicted molar refractivity (Wildman–Crippen MR) is 90.3 cm³/mol. The van der Waals surface area contributed by atoms with Crippen LogP contribution in [-0.2, 0) is 25.5 Å². The summed E-state index contributed by atoms with van der Waals surface area (Å²) in [6.45, 7) is 3.85. The molecule has 0 aliphatic heterocycles. The first-order chi connectivity index (χ1) is 12.1. The van der Waals surface area contributed by atoms with Gasteiger partial charge in [-0.15, -0.1) is 0 Å². The van der Waals surface area contributed by atoms with Crippen LogP contribution in [0.4, 0.5) is 0 Å².